The van der Waals surface area contributed by atoms with Crippen LogP contribution in [0.1, 0.15) is 5.56 Å². The molecule has 0 radical (unpaired) electrons. The SMILES string of the molecule is Fc1cccc(NC(=S)Nc2cc(C(F)(F)F)ccc2Cl)c1. The van der Waals surface area contributed by atoms with Gasteiger partial charge >= 0.3 is 6.18 Å². The van der Waals surface area contributed by atoms with Crippen LogP contribution in [0.25, 0.3) is 0 Å². The fourth-order valence-electron chi connectivity index (χ4n) is 1.65. The Morgan fingerprint density at radius 1 is 1.05 bits per heavy atom. The highest BCUT2D eigenvalue weighted by atomic mass is 35.5. The lowest BCUT2D eigenvalue weighted by molar-refractivity contribution is -0.137. The Hall–Kier alpha value is -1.86. The fraction of sp³-hybridized carbons (Fsp3) is 0.0714. The number of nitrogens with one attached hydrogen (secondary N) is 2. The molecule has 0 bridgehead atoms. The summed E-state index contributed by atoms with van der Waals surface area (Å²) in [6.45, 7) is 0. The summed E-state index contributed by atoms with van der Waals surface area (Å²) in [5.74, 6) is -0.468. The smallest absolute Gasteiger partial charge is 0.332 e. The zero-order valence-corrected chi connectivity index (χ0v) is 12.4. The quantitative estimate of drug-likeness (QED) is 0.568. The fourth-order valence-corrected chi connectivity index (χ4v) is 2.04. The molecule has 0 spiro atoms. The van der Waals surface area contributed by atoms with E-state index >= 15 is 0 Å². The molecule has 0 aromatic heterocycles. The molecule has 0 aliphatic heterocycles. The van der Waals surface area contributed by atoms with E-state index in [9.17, 15) is 17.6 Å². The largest absolute Gasteiger partial charge is 0.416 e. The van der Waals surface area contributed by atoms with Gasteiger partial charge in [0.25, 0.3) is 0 Å². The van der Waals surface area contributed by atoms with Crippen LogP contribution < -0.4 is 10.6 Å². The van der Waals surface area contributed by atoms with E-state index < -0.39 is 17.6 Å². The summed E-state index contributed by atoms with van der Waals surface area (Å²) in [7, 11) is 0. The Morgan fingerprint density at radius 2 is 1.77 bits per heavy atom. The molecule has 0 fully saturated rings. The Bertz CT molecular complexity index is 703. The van der Waals surface area contributed by atoms with Gasteiger partial charge in [0.15, 0.2) is 5.11 Å². The Labute approximate surface area is 134 Å². The maximum absolute atomic E-state index is 13.0. The van der Waals surface area contributed by atoms with E-state index in [1.807, 2.05) is 0 Å². The molecule has 0 atom stereocenters. The highest BCUT2D eigenvalue weighted by molar-refractivity contribution is 7.80. The normalized spacial score (nSPS) is 11.1. The molecule has 0 saturated carbocycles. The monoisotopic (exact) mass is 348 g/mol. The Balaban J connectivity index is 2.14. The second-order valence-electron chi connectivity index (χ2n) is 4.28. The molecule has 0 unspecified atom stereocenters. The lowest BCUT2D eigenvalue weighted by Gasteiger charge is -2.14. The van der Waals surface area contributed by atoms with E-state index in [1.54, 1.807) is 6.07 Å². The lowest BCUT2D eigenvalue weighted by Crippen LogP contribution is -2.19. The van der Waals surface area contributed by atoms with Crippen molar-refractivity contribution in [3.05, 3.63) is 58.9 Å². The molecular formula is C14H9ClF4N2S. The van der Waals surface area contributed by atoms with Crippen LogP contribution in [-0.4, -0.2) is 5.11 Å². The van der Waals surface area contributed by atoms with Crippen molar-refractivity contribution in [2.75, 3.05) is 10.6 Å². The highest BCUT2D eigenvalue weighted by Gasteiger charge is 2.31. The number of halogens is 5. The Morgan fingerprint density at radius 3 is 2.41 bits per heavy atom. The van der Waals surface area contributed by atoms with Crippen LogP contribution in [0.4, 0.5) is 28.9 Å². The number of alkyl halides is 3. The molecule has 8 heteroatoms. The summed E-state index contributed by atoms with van der Waals surface area (Å²) in [6, 6.07) is 8.32. The molecule has 0 aliphatic carbocycles. The van der Waals surface area contributed by atoms with Crippen molar-refractivity contribution in [3.8, 4) is 0 Å². The van der Waals surface area contributed by atoms with Crippen LogP contribution >= 0.6 is 23.8 Å². The minimum Gasteiger partial charge on any atom is -0.332 e. The van der Waals surface area contributed by atoms with Gasteiger partial charge < -0.3 is 10.6 Å². The van der Waals surface area contributed by atoms with Crippen molar-refractivity contribution in [2.45, 2.75) is 6.18 Å². The summed E-state index contributed by atoms with van der Waals surface area (Å²) in [5, 5.41) is 5.29. The van der Waals surface area contributed by atoms with Gasteiger partial charge in [-0.3, -0.25) is 0 Å². The molecule has 0 amide bonds. The van der Waals surface area contributed by atoms with Gasteiger partial charge in [0.1, 0.15) is 5.82 Å². The van der Waals surface area contributed by atoms with Crippen LogP contribution in [0.2, 0.25) is 5.02 Å². The van der Waals surface area contributed by atoms with Gasteiger partial charge in [-0.15, -0.1) is 0 Å². The number of hydrogen-bond acceptors (Lipinski definition) is 1. The number of thiocarbonyl (C=S) groups is 1. The van der Waals surface area contributed by atoms with Crippen molar-refractivity contribution < 1.29 is 17.6 Å². The zero-order chi connectivity index (χ0) is 16.3. The van der Waals surface area contributed by atoms with Gasteiger partial charge in [0.2, 0.25) is 0 Å². The molecule has 0 saturated heterocycles. The Kier molecular flexibility index (Phi) is 4.87. The van der Waals surface area contributed by atoms with Crippen molar-refractivity contribution >= 4 is 40.3 Å². The van der Waals surface area contributed by atoms with Crippen LogP contribution in [0.3, 0.4) is 0 Å². The predicted octanol–water partition coefficient (Wildman–Crippen LogP) is 5.31. The first-order chi connectivity index (χ1) is 10.3. The van der Waals surface area contributed by atoms with Crippen LogP contribution in [0, 0.1) is 5.82 Å². The van der Waals surface area contributed by atoms with E-state index in [0.717, 1.165) is 18.2 Å². The number of hydrogen-bond donors (Lipinski definition) is 2. The van der Waals surface area contributed by atoms with Crippen LogP contribution in [0.5, 0.6) is 0 Å². The average Bonchev–Trinajstić information content (AvgIpc) is 2.40. The van der Waals surface area contributed by atoms with Gasteiger partial charge in [0.05, 0.1) is 16.3 Å². The van der Waals surface area contributed by atoms with E-state index in [0.29, 0.717) is 5.69 Å². The minimum atomic E-state index is -4.49. The topological polar surface area (TPSA) is 24.1 Å². The number of benzene rings is 2. The molecule has 2 rings (SSSR count). The van der Waals surface area contributed by atoms with Gasteiger partial charge in [0, 0.05) is 5.69 Å². The van der Waals surface area contributed by atoms with E-state index in [-0.39, 0.29) is 15.8 Å². The van der Waals surface area contributed by atoms with Crippen molar-refractivity contribution in [3.63, 3.8) is 0 Å². The summed E-state index contributed by atoms with van der Waals surface area (Å²) in [6.07, 6.45) is -4.49. The van der Waals surface area contributed by atoms with Gasteiger partial charge in [-0.25, -0.2) is 4.39 Å². The molecule has 2 aromatic rings. The zero-order valence-electron chi connectivity index (χ0n) is 10.8. The van der Waals surface area contributed by atoms with E-state index in [1.165, 1.54) is 18.2 Å². The first kappa shape index (κ1) is 16.5. The summed E-state index contributed by atoms with van der Waals surface area (Å²) in [5.41, 5.74) is -0.487. The maximum atomic E-state index is 13.0. The number of anilines is 2. The third kappa shape index (κ3) is 4.32. The molecule has 22 heavy (non-hydrogen) atoms. The van der Waals surface area contributed by atoms with Gasteiger partial charge in [-0.1, -0.05) is 17.7 Å². The molecule has 0 aliphatic rings. The first-order valence-corrected chi connectivity index (χ1v) is 6.74. The molecule has 2 aromatic carbocycles. The molecular weight excluding hydrogens is 340 g/mol. The molecule has 116 valence electrons. The predicted molar refractivity (Wildman–Crippen MR) is 82.7 cm³/mol. The first-order valence-electron chi connectivity index (χ1n) is 5.96. The van der Waals surface area contributed by atoms with Crippen molar-refractivity contribution in [2.24, 2.45) is 0 Å². The maximum Gasteiger partial charge on any atom is 0.416 e. The van der Waals surface area contributed by atoms with Crippen molar-refractivity contribution in [1.29, 1.82) is 0 Å². The minimum absolute atomic E-state index is 0.00500. The average molecular weight is 349 g/mol. The van der Waals surface area contributed by atoms with Gasteiger partial charge in [-0.2, -0.15) is 13.2 Å². The third-order valence-electron chi connectivity index (χ3n) is 2.62. The second-order valence-corrected chi connectivity index (χ2v) is 5.10. The summed E-state index contributed by atoms with van der Waals surface area (Å²) >= 11 is 10.8. The molecule has 0 heterocycles. The van der Waals surface area contributed by atoms with E-state index in [2.05, 4.69) is 10.6 Å². The number of rotatable bonds is 2. The summed E-state index contributed by atoms with van der Waals surface area (Å²) < 4.78 is 51.0. The molecule has 2 N–H and O–H groups in total. The van der Waals surface area contributed by atoms with Crippen LogP contribution in [-0.2, 0) is 6.18 Å². The summed E-state index contributed by atoms with van der Waals surface area (Å²) in [4.78, 5) is 0. The second kappa shape index (κ2) is 6.50. The molecule has 2 nitrogen and oxygen atoms in total. The highest BCUT2D eigenvalue weighted by Crippen LogP contribution is 2.33. The van der Waals surface area contributed by atoms with Crippen molar-refractivity contribution in [1.82, 2.24) is 0 Å². The van der Waals surface area contributed by atoms with Gasteiger partial charge in [-0.05, 0) is 48.6 Å². The van der Waals surface area contributed by atoms with Crippen LogP contribution in [0.15, 0.2) is 42.5 Å². The lowest BCUT2D eigenvalue weighted by atomic mass is 10.2. The van der Waals surface area contributed by atoms with E-state index in [4.69, 9.17) is 23.8 Å². The third-order valence-corrected chi connectivity index (χ3v) is 3.16. The standard InChI is InChI=1S/C14H9ClF4N2S/c15-11-5-4-8(14(17,18)19)6-12(11)21-13(22)20-10-3-1-2-9(16)7-10/h1-7H,(H2,20,21,22).